The number of pyridine rings is 1. The molecule has 0 atom stereocenters. The van der Waals surface area contributed by atoms with Gasteiger partial charge in [-0.15, -0.1) is 0 Å². The highest BCUT2D eigenvalue weighted by atomic mass is 35.5. The normalized spacial score (nSPS) is 11.6. The van der Waals surface area contributed by atoms with Gasteiger partial charge in [0.1, 0.15) is 0 Å². The molecule has 0 saturated carbocycles. The number of benzene rings is 1. The number of halogens is 5. The third-order valence-electron chi connectivity index (χ3n) is 3.35. The van der Waals surface area contributed by atoms with Gasteiger partial charge in [0.05, 0.1) is 16.3 Å². The molecule has 0 aliphatic heterocycles. The summed E-state index contributed by atoms with van der Waals surface area (Å²) >= 11 is 13.2. The van der Waals surface area contributed by atoms with Crippen LogP contribution in [0.15, 0.2) is 54.1 Å². The number of aromatic nitrogens is 3. The van der Waals surface area contributed by atoms with Crippen molar-refractivity contribution in [2.75, 3.05) is 0 Å². The van der Waals surface area contributed by atoms with E-state index >= 15 is 0 Å². The lowest BCUT2D eigenvalue weighted by atomic mass is 10.2. The van der Waals surface area contributed by atoms with Crippen molar-refractivity contribution in [2.24, 2.45) is 0 Å². The van der Waals surface area contributed by atoms with Gasteiger partial charge in [0, 0.05) is 34.9 Å². The quantitative estimate of drug-likeness (QED) is 0.377. The summed E-state index contributed by atoms with van der Waals surface area (Å²) in [7, 11) is 0. The summed E-state index contributed by atoms with van der Waals surface area (Å²) in [6, 6.07) is 8.28. The minimum absolute atomic E-state index is 0.106. The van der Waals surface area contributed by atoms with Gasteiger partial charge in [0.2, 0.25) is 0 Å². The summed E-state index contributed by atoms with van der Waals surface area (Å²) in [4.78, 5) is 12.2. The summed E-state index contributed by atoms with van der Waals surface area (Å²) in [5.41, 5.74) is 0.815. The maximum atomic E-state index is 12.7. The van der Waals surface area contributed by atoms with E-state index in [2.05, 4.69) is 15.0 Å². The molecule has 0 fully saturated rings. The van der Waals surface area contributed by atoms with Crippen molar-refractivity contribution in [1.29, 1.82) is 0 Å². The van der Waals surface area contributed by atoms with E-state index in [-0.39, 0.29) is 10.7 Å². The second-order valence-corrected chi connectivity index (χ2v) is 7.01. The monoisotopic (exact) mass is 415 g/mol. The zero-order valence-corrected chi connectivity index (χ0v) is 15.3. The van der Waals surface area contributed by atoms with Crippen LogP contribution >= 0.6 is 35.0 Å². The Morgan fingerprint density at radius 1 is 0.923 bits per heavy atom. The van der Waals surface area contributed by atoms with Crippen LogP contribution in [0.2, 0.25) is 10.0 Å². The fraction of sp³-hybridized carbons (Fsp3) is 0.118. The molecule has 9 heteroatoms. The molecule has 2 heterocycles. The van der Waals surface area contributed by atoms with E-state index in [1.165, 1.54) is 24.2 Å². The van der Waals surface area contributed by atoms with Crippen LogP contribution in [-0.2, 0) is 11.9 Å². The zero-order valence-electron chi connectivity index (χ0n) is 13.0. The van der Waals surface area contributed by atoms with Gasteiger partial charge in [-0.1, -0.05) is 47.1 Å². The Hall–Kier alpha value is -1.83. The Morgan fingerprint density at radius 3 is 2.15 bits per heavy atom. The van der Waals surface area contributed by atoms with Crippen LogP contribution in [0.5, 0.6) is 0 Å². The lowest BCUT2D eigenvalue weighted by Gasteiger charge is -2.09. The summed E-state index contributed by atoms with van der Waals surface area (Å²) in [5.74, 6) is 0.663. The van der Waals surface area contributed by atoms with Crippen LogP contribution in [0.1, 0.15) is 11.1 Å². The van der Waals surface area contributed by atoms with Gasteiger partial charge < -0.3 is 0 Å². The number of alkyl halides is 3. The zero-order chi connectivity index (χ0) is 18.7. The third-order valence-corrected chi connectivity index (χ3v) is 4.84. The minimum atomic E-state index is -4.49. The molecule has 0 bridgehead atoms. The van der Waals surface area contributed by atoms with E-state index in [1.54, 1.807) is 12.1 Å². The van der Waals surface area contributed by atoms with Gasteiger partial charge >= 0.3 is 6.18 Å². The molecule has 0 aliphatic rings. The first-order valence-corrected chi connectivity index (χ1v) is 8.99. The lowest BCUT2D eigenvalue weighted by molar-refractivity contribution is -0.137. The van der Waals surface area contributed by atoms with Crippen molar-refractivity contribution in [3.63, 3.8) is 0 Å². The van der Waals surface area contributed by atoms with E-state index in [0.717, 1.165) is 17.8 Å². The van der Waals surface area contributed by atoms with Crippen LogP contribution in [-0.4, -0.2) is 15.0 Å². The van der Waals surface area contributed by atoms with Gasteiger partial charge in [-0.05, 0) is 23.8 Å². The topological polar surface area (TPSA) is 38.7 Å². The largest absolute Gasteiger partial charge is 0.417 e. The molecule has 0 unspecified atom stereocenters. The number of thioether (sulfide) groups is 1. The Kier molecular flexibility index (Phi) is 5.70. The standard InChI is InChI=1S/C17H10Cl2F3N3S/c18-13-3-1-10(2-4-13)9-26-16-24-6-11(7-25-16)15-14(19)5-12(8-23-15)17(20,21)22/h1-8H,9H2. The Balaban J connectivity index is 1.72. The molecular formula is C17H10Cl2F3N3S. The van der Waals surface area contributed by atoms with Crippen molar-refractivity contribution < 1.29 is 13.2 Å². The number of hydrogen-bond acceptors (Lipinski definition) is 4. The van der Waals surface area contributed by atoms with Gasteiger partial charge in [-0.3, -0.25) is 4.98 Å². The summed E-state index contributed by atoms with van der Waals surface area (Å²) < 4.78 is 38.0. The van der Waals surface area contributed by atoms with Crippen LogP contribution < -0.4 is 0 Å². The number of hydrogen-bond donors (Lipinski definition) is 0. The molecule has 2 aromatic heterocycles. The van der Waals surface area contributed by atoms with Crippen molar-refractivity contribution in [1.82, 2.24) is 15.0 Å². The van der Waals surface area contributed by atoms with E-state index < -0.39 is 11.7 Å². The highest BCUT2D eigenvalue weighted by Crippen LogP contribution is 2.33. The lowest BCUT2D eigenvalue weighted by Crippen LogP contribution is -2.06. The summed E-state index contributed by atoms with van der Waals surface area (Å²) in [5, 5.41) is 1.09. The average molecular weight is 416 g/mol. The molecule has 0 aliphatic carbocycles. The van der Waals surface area contributed by atoms with E-state index in [0.29, 0.717) is 21.5 Å². The molecule has 134 valence electrons. The highest BCUT2D eigenvalue weighted by molar-refractivity contribution is 7.98. The van der Waals surface area contributed by atoms with Crippen molar-refractivity contribution in [3.8, 4) is 11.3 Å². The van der Waals surface area contributed by atoms with E-state index in [9.17, 15) is 13.2 Å². The second-order valence-electron chi connectivity index (χ2n) is 5.22. The van der Waals surface area contributed by atoms with E-state index in [1.807, 2.05) is 12.1 Å². The molecule has 0 radical (unpaired) electrons. The Morgan fingerprint density at radius 2 is 1.58 bits per heavy atom. The first-order valence-electron chi connectivity index (χ1n) is 7.25. The van der Waals surface area contributed by atoms with Crippen LogP contribution in [0.25, 0.3) is 11.3 Å². The summed E-state index contributed by atoms with van der Waals surface area (Å²) in [6.07, 6.45) is -0.782. The molecule has 0 saturated heterocycles. The predicted octanol–water partition coefficient (Wildman–Crippen LogP) is 6.16. The molecule has 3 nitrogen and oxygen atoms in total. The highest BCUT2D eigenvalue weighted by Gasteiger charge is 2.31. The van der Waals surface area contributed by atoms with Gasteiger partial charge in [0.15, 0.2) is 5.16 Å². The molecule has 0 amide bonds. The SMILES string of the molecule is FC(F)(F)c1cnc(-c2cnc(SCc3ccc(Cl)cc3)nc2)c(Cl)c1. The van der Waals surface area contributed by atoms with Crippen LogP contribution in [0, 0.1) is 0 Å². The molecule has 0 N–H and O–H groups in total. The van der Waals surface area contributed by atoms with Crippen molar-refractivity contribution in [3.05, 3.63) is 70.1 Å². The molecule has 26 heavy (non-hydrogen) atoms. The molecule has 3 aromatic rings. The summed E-state index contributed by atoms with van der Waals surface area (Å²) in [6.45, 7) is 0. The average Bonchev–Trinajstić information content (AvgIpc) is 2.61. The van der Waals surface area contributed by atoms with Crippen LogP contribution in [0.4, 0.5) is 13.2 Å². The van der Waals surface area contributed by atoms with Gasteiger partial charge in [-0.25, -0.2) is 9.97 Å². The predicted molar refractivity (Wildman–Crippen MR) is 96.3 cm³/mol. The molecule has 3 rings (SSSR count). The third kappa shape index (κ3) is 4.66. The van der Waals surface area contributed by atoms with Crippen molar-refractivity contribution >= 4 is 35.0 Å². The van der Waals surface area contributed by atoms with Crippen LogP contribution in [0.3, 0.4) is 0 Å². The second kappa shape index (κ2) is 7.82. The minimum Gasteiger partial charge on any atom is -0.254 e. The maximum absolute atomic E-state index is 12.7. The number of nitrogens with zero attached hydrogens (tertiary/aromatic N) is 3. The maximum Gasteiger partial charge on any atom is 0.417 e. The fourth-order valence-corrected chi connectivity index (χ4v) is 3.19. The van der Waals surface area contributed by atoms with E-state index in [4.69, 9.17) is 23.2 Å². The van der Waals surface area contributed by atoms with Crippen molar-refractivity contribution in [2.45, 2.75) is 17.1 Å². The molecule has 0 spiro atoms. The van der Waals surface area contributed by atoms with Gasteiger partial charge in [0.25, 0.3) is 0 Å². The Labute approximate surface area is 161 Å². The fourth-order valence-electron chi connectivity index (χ4n) is 2.05. The number of rotatable bonds is 4. The van der Waals surface area contributed by atoms with Gasteiger partial charge in [-0.2, -0.15) is 13.2 Å². The first kappa shape index (κ1) is 18.9. The Bertz CT molecular complexity index is 901. The molecular weight excluding hydrogens is 406 g/mol. The smallest absolute Gasteiger partial charge is 0.254 e. The first-order chi connectivity index (χ1) is 12.3. The molecule has 1 aromatic carbocycles.